The summed E-state index contributed by atoms with van der Waals surface area (Å²) in [4.78, 5) is 16.7. The Balaban J connectivity index is 1.79. The van der Waals surface area contributed by atoms with Crippen LogP contribution in [0.25, 0.3) is 17.0 Å². The Morgan fingerprint density at radius 3 is 2.54 bits per heavy atom. The number of methoxy groups -OCH3 is 2. The van der Waals surface area contributed by atoms with Crippen LogP contribution in [-0.4, -0.2) is 25.2 Å². The predicted molar refractivity (Wildman–Crippen MR) is 101 cm³/mol. The number of carbonyl (C=O) groups is 1. The Morgan fingerprint density at radius 2 is 1.77 bits per heavy atom. The van der Waals surface area contributed by atoms with Crippen molar-refractivity contribution in [2.24, 2.45) is 0 Å². The van der Waals surface area contributed by atoms with Gasteiger partial charge in [-0.05, 0) is 42.8 Å². The van der Waals surface area contributed by atoms with E-state index < -0.39 is 5.97 Å². The summed E-state index contributed by atoms with van der Waals surface area (Å²) in [6.45, 7) is 1.90. The second-order valence-corrected chi connectivity index (χ2v) is 5.65. The Kier molecular flexibility index (Phi) is 5.17. The summed E-state index contributed by atoms with van der Waals surface area (Å²) in [5.41, 5.74) is 2.33. The first-order chi connectivity index (χ1) is 12.6. The largest absolute Gasteiger partial charge is 0.493 e. The summed E-state index contributed by atoms with van der Waals surface area (Å²) in [6, 6.07) is 14.8. The van der Waals surface area contributed by atoms with Gasteiger partial charge in [-0.2, -0.15) is 0 Å². The predicted octanol–water partition coefficient (Wildman–Crippen LogP) is 4.18. The molecule has 0 N–H and O–H groups in total. The normalized spacial score (nSPS) is 10.9. The molecule has 1 aromatic heterocycles. The highest BCUT2D eigenvalue weighted by Gasteiger charge is 2.08. The van der Waals surface area contributed by atoms with Crippen molar-refractivity contribution in [3.8, 4) is 17.2 Å². The van der Waals surface area contributed by atoms with E-state index in [1.165, 1.54) is 6.08 Å². The zero-order chi connectivity index (χ0) is 18.5. The molecule has 0 aliphatic carbocycles. The van der Waals surface area contributed by atoms with Crippen LogP contribution in [0.5, 0.6) is 17.2 Å². The molecule has 132 valence electrons. The molecule has 2 aromatic carbocycles. The molecule has 0 unspecified atom stereocenters. The quantitative estimate of drug-likeness (QED) is 0.393. The van der Waals surface area contributed by atoms with Crippen LogP contribution in [0.1, 0.15) is 11.3 Å². The summed E-state index contributed by atoms with van der Waals surface area (Å²) >= 11 is 0. The van der Waals surface area contributed by atoms with Crippen molar-refractivity contribution in [1.29, 1.82) is 0 Å². The van der Waals surface area contributed by atoms with E-state index in [4.69, 9.17) is 14.2 Å². The molecule has 0 bridgehead atoms. The first-order valence-electron chi connectivity index (χ1n) is 8.09. The number of rotatable bonds is 5. The molecule has 5 heteroatoms. The van der Waals surface area contributed by atoms with Crippen molar-refractivity contribution in [3.05, 3.63) is 65.9 Å². The number of para-hydroxylation sites is 1. The molecular formula is C21H19NO4. The van der Waals surface area contributed by atoms with Gasteiger partial charge in [0.1, 0.15) is 5.52 Å². The number of esters is 1. The lowest BCUT2D eigenvalue weighted by molar-refractivity contribution is -0.128. The standard InChI is InChI=1S/C21H19NO4/c1-14-7-10-16-5-4-6-18(21(16)22-14)26-20(23)12-9-15-8-11-17(24-2)19(13-15)25-3/h4-13H,1-3H3/b12-9+. The number of pyridine rings is 1. The van der Waals surface area contributed by atoms with Crippen molar-refractivity contribution >= 4 is 22.9 Å². The molecule has 1 heterocycles. The summed E-state index contributed by atoms with van der Waals surface area (Å²) in [7, 11) is 3.14. The van der Waals surface area contributed by atoms with Crippen LogP contribution in [0, 0.1) is 6.92 Å². The third-order valence-electron chi connectivity index (χ3n) is 3.85. The average Bonchev–Trinajstić information content (AvgIpc) is 2.66. The van der Waals surface area contributed by atoms with Crippen LogP contribution < -0.4 is 14.2 Å². The lowest BCUT2D eigenvalue weighted by Crippen LogP contribution is -2.04. The summed E-state index contributed by atoms with van der Waals surface area (Å²) in [5.74, 6) is 1.19. The minimum atomic E-state index is -0.476. The molecule has 0 aliphatic rings. The number of hydrogen-bond donors (Lipinski definition) is 0. The SMILES string of the molecule is COc1ccc(/C=C/C(=O)Oc2cccc3ccc(C)nc23)cc1OC. The van der Waals surface area contributed by atoms with Gasteiger partial charge in [-0.25, -0.2) is 9.78 Å². The molecule has 0 atom stereocenters. The van der Waals surface area contributed by atoms with Gasteiger partial charge in [0.05, 0.1) is 14.2 Å². The van der Waals surface area contributed by atoms with Gasteiger partial charge in [0, 0.05) is 17.2 Å². The van der Waals surface area contributed by atoms with Crippen molar-refractivity contribution in [3.63, 3.8) is 0 Å². The van der Waals surface area contributed by atoms with E-state index in [-0.39, 0.29) is 0 Å². The monoisotopic (exact) mass is 349 g/mol. The molecule has 3 aromatic rings. The first kappa shape index (κ1) is 17.5. The minimum Gasteiger partial charge on any atom is -0.493 e. The van der Waals surface area contributed by atoms with Crippen LogP contribution in [-0.2, 0) is 4.79 Å². The van der Waals surface area contributed by atoms with Gasteiger partial charge in [0.2, 0.25) is 0 Å². The number of hydrogen-bond acceptors (Lipinski definition) is 5. The van der Waals surface area contributed by atoms with E-state index in [0.29, 0.717) is 22.8 Å². The van der Waals surface area contributed by atoms with Crippen LogP contribution in [0.4, 0.5) is 0 Å². The summed E-state index contributed by atoms with van der Waals surface area (Å²) in [5, 5.41) is 0.921. The highest BCUT2D eigenvalue weighted by molar-refractivity contribution is 5.92. The van der Waals surface area contributed by atoms with Gasteiger partial charge in [-0.1, -0.05) is 24.3 Å². The highest BCUT2D eigenvalue weighted by atomic mass is 16.5. The summed E-state index contributed by atoms with van der Waals surface area (Å²) < 4.78 is 15.9. The number of nitrogens with zero attached hydrogens (tertiary/aromatic N) is 1. The van der Waals surface area contributed by atoms with Crippen LogP contribution in [0.3, 0.4) is 0 Å². The summed E-state index contributed by atoms with van der Waals surface area (Å²) in [6.07, 6.45) is 3.03. The Labute approximate surface area is 151 Å². The lowest BCUT2D eigenvalue weighted by Gasteiger charge is -2.08. The topological polar surface area (TPSA) is 57.7 Å². The number of aryl methyl sites for hydroxylation is 1. The van der Waals surface area contributed by atoms with Crippen molar-refractivity contribution in [2.75, 3.05) is 14.2 Å². The smallest absolute Gasteiger partial charge is 0.336 e. The molecule has 0 aliphatic heterocycles. The molecule has 0 spiro atoms. The van der Waals surface area contributed by atoms with Crippen LogP contribution in [0.2, 0.25) is 0 Å². The fourth-order valence-corrected chi connectivity index (χ4v) is 2.56. The minimum absolute atomic E-state index is 0.438. The first-order valence-corrected chi connectivity index (χ1v) is 8.09. The molecule has 0 radical (unpaired) electrons. The molecule has 3 rings (SSSR count). The van der Waals surface area contributed by atoms with Gasteiger partial charge in [0.15, 0.2) is 17.2 Å². The van der Waals surface area contributed by atoms with E-state index in [2.05, 4.69) is 4.98 Å². The van der Waals surface area contributed by atoms with Gasteiger partial charge < -0.3 is 14.2 Å². The maximum absolute atomic E-state index is 12.2. The van der Waals surface area contributed by atoms with E-state index in [1.54, 1.807) is 38.5 Å². The van der Waals surface area contributed by atoms with Crippen molar-refractivity contribution in [1.82, 2.24) is 4.98 Å². The van der Waals surface area contributed by atoms with Crippen molar-refractivity contribution < 1.29 is 19.0 Å². The third kappa shape index (κ3) is 3.83. The maximum Gasteiger partial charge on any atom is 0.336 e. The van der Waals surface area contributed by atoms with Gasteiger partial charge >= 0.3 is 5.97 Å². The Morgan fingerprint density at radius 1 is 0.962 bits per heavy atom. The van der Waals surface area contributed by atoms with E-state index in [9.17, 15) is 4.79 Å². The van der Waals surface area contributed by atoms with E-state index in [0.717, 1.165) is 16.6 Å². The fourth-order valence-electron chi connectivity index (χ4n) is 2.56. The third-order valence-corrected chi connectivity index (χ3v) is 3.85. The second-order valence-electron chi connectivity index (χ2n) is 5.65. The molecule has 0 amide bonds. The second kappa shape index (κ2) is 7.70. The van der Waals surface area contributed by atoms with Gasteiger partial charge in [0.25, 0.3) is 0 Å². The van der Waals surface area contributed by atoms with Crippen LogP contribution >= 0.6 is 0 Å². The molecular weight excluding hydrogens is 330 g/mol. The average molecular weight is 349 g/mol. The van der Waals surface area contributed by atoms with Gasteiger partial charge in [-0.3, -0.25) is 0 Å². The lowest BCUT2D eigenvalue weighted by atomic mass is 10.2. The Bertz CT molecular complexity index is 979. The molecule has 0 saturated carbocycles. The van der Waals surface area contributed by atoms with Crippen molar-refractivity contribution in [2.45, 2.75) is 6.92 Å². The van der Waals surface area contributed by atoms with Gasteiger partial charge in [-0.15, -0.1) is 0 Å². The number of ether oxygens (including phenoxy) is 3. The number of benzene rings is 2. The molecule has 0 saturated heterocycles. The number of aromatic nitrogens is 1. The Hall–Kier alpha value is -3.34. The van der Waals surface area contributed by atoms with E-state index >= 15 is 0 Å². The maximum atomic E-state index is 12.2. The number of carbonyl (C=O) groups excluding carboxylic acids is 1. The zero-order valence-electron chi connectivity index (χ0n) is 14.9. The van der Waals surface area contributed by atoms with E-state index in [1.807, 2.05) is 37.3 Å². The molecule has 5 nitrogen and oxygen atoms in total. The fraction of sp³-hybridized carbons (Fsp3) is 0.143. The zero-order valence-corrected chi connectivity index (χ0v) is 14.9. The highest BCUT2D eigenvalue weighted by Crippen LogP contribution is 2.28. The molecule has 26 heavy (non-hydrogen) atoms. The number of fused-ring (bicyclic) bond motifs is 1. The van der Waals surface area contributed by atoms with Crippen LogP contribution in [0.15, 0.2) is 54.6 Å². The molecule has 0 fully saturated rings.